The van der Waals surface area contributed by atoms with E-state index in [2.05, 4.69) is 35.1 Å². The highest BCUT2D eigenvalue weighted by atomic mass is 79.9. The van der Waals surface area contributed by atoms with Crippen molar-refractivity contribution in [3.8, 4) is 11.5 Å². The summed E-state index contributed by atoms with van der Waals surface area (Å²) in [5.41, 5.74) is 1.08. The molecule has 0 amide bonds. The molecule has 2 aromatic carbocycles. The molecule has 4 heteroatoms. The fraction of sp³-hybridized carbons (Fsp3) is 0.294. The zero-order valence-corrected chi connectivity index (χ0v) is 14.5. The number of rotatable bonds is 6. The summed E-state index contributed by atoms with van der Waals surface area (Å²) in [5, 5.41) is 4.11. The molecule has 2 aromatic rings. The topological polar surface area (TPSA) is 21.3 Å². The van der Waals surface area contributed by atoms with E-state index in [1.165, 1.54) is 0 Å². The van der Waals surface area contributed by atoms with Gasteiger partial charge in [-0.2, -0.15) is 0 Å². The first-order valence-electron chi connectivity index (χ1n) is 6.97. The Bertz CT molecular complexity index is 584. The summed E-state index contributed by atoms with van der Waals surface area (Å²) in [6, 6.07) is 13.5. The summed E-state index contributed by atoms with van der Waals surface area (Å²) in [5.74, 6) is 2.17. The molecule has 0 radical (unpaired) electrons. The lowest BCUT2D eigenvalue weighted by Crippen LogP contribution is -2.19. The minimum absolute atomic E-state index is 0.629. The van der Waals surface area contributed by atoms with Crippen molar-refractivity contribution in [3.05, 3.63) is 57.5 Å². The van der Waals surface area contributed by atoms with Crippen molar-refractivity contribution in [3.63, 3.8) is 0 Å². The average Bonchev–Trinajstić information content (AvgIpc) is 2.43. The van der Waals surface area contributed by atoms with E-state index in [1.807, 2.05) is 42.5 Å². The first kappa shape index (κ1) is 16.3. The quantitative estimate of drug-likeness (QED) is 0.712. The van der Waals surface area contributed by atoms with Crippen LogP contribution in [0.3, 0.4) is 0 Å². The molecule has 0 heterocycles. The van der Waals surface area contributed by atoms with Crippen LogP contribution in [0, 0.1) is 5.92 Å². The van der Waals surface area contributed by atoms with Gasteiger partial charge in [-0.15, -0.1) is 0 Å². The van der Waals surface area contributed by atoms with Crippen LogP contribution in [0.15, 0.2) is 46.9 Å². The fourth-order valence-corrected chi connectivity index (χ4v) is 2.37. The van der Waals surface area contributed by atoms with Gasteiger partial charge in [0.25, 0.3) is 0 Å². The van der Waals surface area contributed by atoms with E-state index in [0.29, 0.717) is 5.92 Å². The first-order chi connectivity index (χ1) is 10.0. The molecule has 1 N–H and O–H groups in total. The molecule has 0 atom stereocenters. The zero-order chi connectivity index (χ0) is 15.2. The standard InChI is InChI=1S/C17H19BrClNO/c1-12(2)10-20-11-13-3-6-16(9-17(13)19)21-15-7-4-14(18)5-8-15/h3-9,12,20H,10-11H2,1-2H3. The Morgan fingerprint density at radius 3 is 2.38 bits per heavy atom. The monoisotopic (exact) mass is 367 g/mol. The lowest BCUT2D eigenvalue weighted by molar-refractivity contribution is 0.482. The largest absolute Gasteiger partial charge is 0.457 e. The minimum atomic E-state index is 0.629. The van der Waals surface area contributed by atoms with Gasteiger partial charge in [-0.1, -0.05) is 47.4 Å². The van der Waals surface area contributed by atoms with E-state index in [-0.39, 0.29) is 0 Å². The third-order valence-corrected chi connectivity index (χ3v) is 3.82. The second-order valence-electron chi connectivity index (χ2n) is 5.33. The molecule has 0 aromatic heterocycles. The molecule has 0 saturated carbocycles. The Morgan fingerprint density at radius 1 is 1.10 bits per heavy atom. The molecule has 0 aliphatic heterocycles. The molecule has 0 saturated heterocycles. The van der Waals surface area contributed by atoms with Crippen LogP contribution in [-0.2, 0) is 6.54 Å². The molecule has 0 aliphatic rings. The smallest absolute Gasteiger partial charge is 0.128 e. The highest BCUT2D eigenvalue weighted by Gasteiger charge is 2.04. The summed E-state index contributed by atoms with van der Waals surface area (Å²) in [6.07, 6.45) is 0. The lowest BCUT2D eigenvalue weighted by Gasteiger charge is -2.11. The third kappa shape index (κ3) is 5.34. The Morgan fingerprint density at radius 2 is 1.76 bits per heavy atom. The van der Waals surface area contributed by atoms with Crippen LogP contribution in [-0.4, -0.2) is 6.54 Å². The van der Waals surface area contributed by atoms with E-state index in [9.17, 15) is 0 Å². The van der Waals surface area contributed by atoms with Gasteiger partial charge in [0.2, 0.25) is 0 Å². The molecule has 2 rings (SSSR count). The highest BCUT2D eigenvalue weighted by Crippen LogP contribution is 2.27. The van der Waals surface area contributed by atoms with Crippen molar-refractivity contribution in [2.45, 2.75) is 20.4 Å². The van der Waals surface area contributed by atoms with Crippen LogP contribution in [0.2, 0.25) is 5.02 Å². The number of halogens is 2. The highest BCUT2D eigenvalue weighted by molar-refractivity contribution is 9.10. The van der Waals surface area contributed by atoms with E-state index >= 15 is 0 Å². The van der Waals surface area contributed by atoms with Crippen LogP contribution in [0.4, 0.5) is 0 Å². The Labute approximate surface area is 139 Å². The summed E-state index contributed by atoms with van der Waals surface area (Å²) >= 11 is 9.71. The van der Waals surface area contributed by atoms with Crippen molar-refractivity contribution >= 4 is 27.5 Å². The summed E-state index contributed by atoms with van der Waals surface area (Å²) in [4.78, 5) is 0. The van der Waals surface area contributed by atoms with Crippen LogP contribution < -0.4 is 10.1 Å². The number of benzene rings is 2. The van der Waals surface area contributed by atoms with E-state index < -0.39 is 0 Å². The van der Waals surface area contributed by atoms with Gasteiger partial charge in [0.15, 0.2) is 0 Å². The molecule has 0 fully saturated rings. The molecule has 0 spiro atoms. The van der Waals surface area contributed by atoms with Gasteiger partial charge in [0.1, 0.15) is 11.5 Å². The zero-order valence-electron chi connectivity index (χ0n) is 12.2. The van der Waals surface area contributed by atoms with Crippen molar-refractivity contribution in [1.29, 1.82) is 0 Å². The maximum absolute atomic E-state index is 6.31. The van der Waals surface area contributed by atoms with E-state index in [0.717, 1.165) is 39.6 Å². The molecule has 2 nitrogen and oxygen atoms in total. The predicted octanol–water partition coefficient (Wildman–Crippen LogP) is 5.64. The first-order valence-corrected chi connectivity index (χ1v) is 8.14. The lowest BCUT2D eigenvalue weighted by atomic mass is 10.2. The van der Waals surface area contributed by atoms with Gasteiger partial charge in [0, 0.05) is 16.0 Å². The number of ether oxygens (including phenoxy) is 1. The molecular formula is C17H19BrClNO. The van der Waals surface area contributed by atoms with Gasteiger partial charge in [-0.3, -0.25) is 0 Å². The second kappa shape index (κ2) is 7.83. The average molecular weight is 369 g/mol. The van der Waals surface area contributed by atoms with Crippen LogP contribution in [0.1, 0.15) is 19.4 Å². The SMILES string of the molecule is CC(C)CNCc1ccc(Oc2ccc(Br)cc2)cc1Cl. The van der Waals surface area contributed by atoms with E-state index in [1.54, 1.807) is 0 Å². The van der Waals surface area contributed by atoms with Crippen LogP contribution >= 0.6 is 27.5 Å². The van der Waals surface area contributed by atoms with Crippen molar-refractivity contribution in [2.75, 3.05) is 6.54 Å². The predicted molar refractivity (Wildman–Crippen MR) is 92.2 cm³/mol. The normalized spacial score (nSPS) is 10.9. The van der Waals surface area contributed by atoms with Crippen molar-refractivity contribution in [1.82, 2.24) is 5.32 Å². The number of hydrogen-bond acceptors (Lipinski definition) is 2. The summed E-state index contributed by atoms with van der Waals surface area (Å²) < 4.78 is 6.81. The molecule has 0 aliphatic carbocycles. The van der Waals surface area contributed by atoms with Gasteiger partial charge < -0.3 is 10.1 Å². The van der Waals surface area contributed by atoms with Gasteiger partial charge in [-0.05, 0) is 54.4 Å². The van der Waals surface area contributed by atoms with Crippen molar-refractivity contribution in [2.24, 2.45) is 5.92 Å². The Kier molecular flexibility index (Phi) is 6.09. The molecule has 112 valence electrons. The van der Waals surface area contributed by atoms with Gasteiger partial charge in [0.05, 0.1) is 0 Å². The Balaban J connectivity index is 1.99. The minimum Gasteiger partial charge on any atom is -0.457 e. The Hall–Kier alpha value is -1.03. The molecule has 0 unspecified atom stereocenters. The second-order valence-corrected chi connectivity index (χ2v) is 6.66. The van der Waals surface area contributed by atoms with E-state index in [4.69, 9.17) is 16.3 Å². The third-order valence-electron chi connectivity index (χ3n) is 2.94. The van der Waals surface area contributed by atoms with Gasteiger partial charge >= 0.3 is 0 Å². The van der Waals surface area contributed by atoms with Gasteiger partial charge in [-0.25, -0.2) is 0 Å². The maximum atomic E-state index is 6.31. The van der Waals surface area contributed by atoms with Crippen LogP contribution in [0.25, 0.3) is 0 Å². The maximum Gasteiger partial charge on any atom is 0.128 e. The number of nitrogens with one attached hydrogen (secondary N) is 1. The van der Waals surface area contributed by atoms with Crippen LogP contribution in [0.5, 0.6) is 11.5 Å². The summed E-state index contributed by atoms with van der Waals surface area (Å²) in [6.45, 7) is 6.12. The molecular weight excluding hydrogens is 350 g/mol. The molecule has 21 heavy (non-hydrogen) atoms. The van der Waals surface area contributed by atoms with Crippen molar-refractivity contribution < 1.29 is 4.74 Å². The summed E-state index contributed by atoms with van der Waals surface area (Å²) in [7, 11) is 0. The fourth-order valence-electron chi connectivity index (χ4n) is 1.87. The molecule has 0 bridgehead atoms. The number of hydrogen-bond donors (Lipinski definition) is 1.